The third kappa shape index (κ3) is 6.84. The molecule has 4 aliphatic rings. The van der Waals surface area contributed by atoms with Gasteiger partial charge in [0.25, 0.3) is 5.91 Å². The lowest BCUT2D eigenvalue weighted by atomic mass is 9.99. The average Bonchev–Trinajstić information content (AvgIpc) is 3.50. The molecule has 4 heterocycles. The van der Waals surface area contributed by atoms with Crippen molar-refractivity contribution in [2.75, 3.05) is 51.1 Å². The Morgan fingerprint density at radius 2 is 1.58 bits per heavy atom. The highest BCUT2D eigenvalue weighted by atomic mass is 16.7. The Bertz CT molecular complexity index is 1270. The first kappa shape index (κ1) is 29.9. The van der Waals surface area contributed by atoms with E-state index in [2.05, 4.69) is 16.3 Å². The lowest BCUT2D eigenvalue weighted by Gasteiger charge is -2.40. The van der Waals surface area contributed by atoms with Crippen molar-refractivity contribution in [3.63, 3.8) is 0 Å². The molecule has 4 aliphatic heterocycles. The minimum atomic E-state index is -0.626. The molecule has 43 heavy (non-hydrogen) atoms. The molecule has 3 amide bonds. The van der Waals surface area contributed by atoms with Gasteiger partial charge >= 0.3 is 6.03 Å². The molecule has 232 valence electrons. The van der Waals surface area contributed by atoms with Gasteiger partial charge in [0.05, 0.1) is 0 Å². The van der Waals surface area contributed by atoms with Gasteiger partial charge in [-0.3, -0.25) is 9.63 Å². The minimum absolute atomic E-state index is 0.0345. The SMILES string of the molecule is Cc1cc(C[C@@H](ON2CCC(N3CCc4ccccc4NC3=O)CC2)C(=O)N2CCC(N3CCCC3)CC2)cc(C)c1O. The molecule has 0 radical (unpaired) electrons. The number of carbonyl (C=O) groups is 2. The number of para-hydroxylation sites is 1. The van der Waals surface area contributed by atoms with Gasteiger partial charge in [-0.15, -0.1) is 0 Å². The third-order valence-corrected chi connectivity index (χ3v) is 9.96. The standard InChI is InChI=1S/C34H47N5O4/c1-24-21-26(22-25(2)32(24)40)23-31(33(41)37-16-10-28(11-17-37)36-14-5-6-15-36)43-38-18-12-29(13-19-38)39-20-9-27-7-3-4-8-30(27)35-34(39)42/h3-4,7-8,21-22,28-29,31,40H,5-6,9-20,23H2,1-2H3,(H,35,42)/t31-/m1/s1. The van der Waals surface area contributed by atoms with E-state index in [0.29, 0.717) is 37.8 Å². The molecule has 0 unspecified atom stereocenters. The number of fused-ring (bicyclic) bond motifs is 1. The topological polar surface area (TPSA) is 88.6 Å². The van der Waals surface area contributed by atoms with Crippen LogP contribution in [-0.2, 0) is 22.5 Å². The lowest BCUT2D eigenvalue weighted by Crippen LogP contribution is -2.52. The largest absolute Gasteiger partial charge is 0.507 e. The number of rotatable bonds is 7. The lowest BCUT2D eigenvalue weighted by molar-refractivity contribution is -0.215. The number of carbonyl (C=O) groups excluding carboxylic acids is 2. The van der Waals surface area contributed by atoms with Gasteiger partial charge in [-0.1, -0.05) is 30.3 Å². The number of likely N-dealkylation sites (tertiary alicyclic amines) is 2. The summed E-state index contributed by atoms with van der Waals surface area (Å²) in [7, 11) is 0. The van der Waals surface area contributed by atoms with Gasteiger partial charge in [0.15, 0.2) is 6.10 Å². The number of urea groups is 1. The molecule has 2 aromatic rings. The normalized spacial score (nSPS) is 21.9. The number of phenols is 1. The number of aryl methyl sites for hydroxylation is 2. The van der Waals surface area contributed by atoms with Crippen molar-refractivity contribution in [3.8, 4) is 5.75 Å². The van der Waals surface area contributed by atoms with E-state index in [-0.39, 0.29) is 18.0 Å². The summed E-state index contributed by atoms with van der Waals surface area (Å²) in [5.41, 5.74) is 4.69. The molecular formula is C34H47N5O4. The maximum absolute atomic E-state index is 14.0. The van der Waals surface area contributed by atoms with Crippen LogP contribution in [0.3, 0.4) is 0 Å². The first-order chi connectivity index (χ1) is 20.9. The van der Waals surface area contributed by atoms with Gasteiger partial charge in [0.1, 0.15) is 5.75 Å². The molecule has 6 rings (SSSR count). The molecular weight excluding hydrogens is 542 g/mol. The molecule has 3 saturated heterocycles. The summed E-state index contributed by atoms with van der Waals surface area (Å²) in [6.07, 6.45) is 6.86. The zero-order valence-corrected chi connectivity index (χ0v) is 25.8. The zero-order valence-electron chi connectivity index (χ0n) is 25.8. The number of aromatic hydroxyl groups is 1. The number of hydrogen-bond donors (Lipinski definition) is 2. The van der Waals surface area contributed by atoms with Crippen LogP contribution in [0.2, 0.25) is 0 Å². The number of piperidine rings is 2. The highest BCUT2D eigenvalue weighted by Crippen LogP contribution is 2.28. The van der Waals surface area contributed by atoms with Gasteiger partial charge in [-0.25, -0.2) is 4.79 Å². The Balaban J connectivity index is 1.10. The van der Waals surface area contributed by atoms with Crippen LogP contribution in [0, 0.1) is 13.8 Å². The number of amides is 3. The number of nitrogens with zero attached hydrogens (tertiary/aromatic N) is 4. The van der Waals surface area contributed by atoms with Crippen molar-refractivity contribution >= 4 is 17.6 Å². The molecule has 2 aromatic carbocycles. The number of hydrogen-bond acceptors (Lipinski definition) is 6. The fourth-order valence-electron chi connectivity index (χ4n) is 7.49. The maximum Gasteiger partial charge on any atom is 0.322 e. The molecule has 0 spiro atoms. The summed E-state index contributed by atoms with van der Waals surface area (Å²) < 4.78 is 0. The Kier molecular flexibility index (Phi) is 9.21. The smallest absolute Gasteiger partial charge is 0.322 e. The van der Waals surface area contributed by atoms with Crippen LogP contribution >= 0.6 is 0 Å². The highest BCUT2D eigenvalue weighted by Gasteiger charge is 2.35. The van der Waals surface area contributed by atoms with E-state index in [1.54, 1.807) is 0 Å². The molecule has 3 fully saturated rings. The molecule has 0 bridgehead atoms. The monoisotopic (exact) mass is 589 g/mol. The van der Waals surface area contributed by atoms with E-state index >= 15 is 0 Å². The van der Waals surface area contributed by atoms with Gasteiger partial charge in [0, 0.05) is 56.9 Å². The third-order valence-electron chi connectivity index (χ3n) is 9.96. The van der Waals surface area contributed by atoms with Gasteiger partial charge in [-0.05, 0) is 100 Å². The number of nitrogens with one attached hydrogen (secondary N) is 1. The number of hydroxylamine groups is 2. The van der Waals surface area contributed by atoms with Crippen molar-refractivity contribution < 1.29 is 19.5 Å². The van der Waals surface area contributed by atoms with E-state index in [0.717, 1.165) is 67.6 Å². The molecule has 9 heteroatoms. The van der Waals surface area contributed by atoms with Crippen molar-refractivity contribution in [1.82, 2.24) is 19.8 Å². The van der Waals surface area contributed by atoms with Crippen molar-refractivity contribution in [1.29, 1.82) is 0 Å². The molecule has 0 aromatic heterocycles. The first-order valence-electron chi connectivity index (χ1n) is 16.2. The fourth-order valence-corrected chi connectivity index (χ4v) is 7.49. The van der Waals surface area contributed by atoms with Crippen LogP contribution in [0.15, 0.2) is 36.4 Å². The van der Waals surface area contributed by atoms with Crippen LogP contribution in [0.5, 0.6) is 5.75 Å². The average molecular weight is 590 g/mol. The van der Waals surface area contributed by atoms with E-state index in [1.165, 1.54) is 31.5 Å². The van der Waals surface area contributed by atoms with Crippen molar-refractivity contribution in [2.45, 2.75) is 83.4 Å². The van der Waals surface area contributed by atoms with E-state index in [9.17, 15) is 14.7 Å². The maximum atomic E-state index is 14.0. The fraction of sp³-hybridized carbons (Fsp3) is 0.588. The van der Waals surface area contributed by atoms with E-state index in [1.807, 2.05) is 59.0 Å². The molecule has 0 aliphatic carbocycles. The molecule has 1 atom stereocenters. The summed E-state index contributed by atoms with van der Waals surface area (Å²) in [5.74, 6) is 0.356. The zero-order chi connectivity index (χ0) is 29.9. The van der Waals surface area contributed by atoms with Crippen LogP contribution in [-0.4, -0.2) is 101 Å². The summed E-state index contributed by atoms with van der Waals surface area (Å²) >= 11 is 0. The Morgan fingerprint density at radius 3 is 2.28 bits per heavy atom. The minimum Gasteiger partial charge on any atom is -0.507 e. The predicted molar refractivity (Wildman–Crippen MR) is 167 cm³/mol. The van der Waals surface area contributed by atoms with Crippen LogP contribution in [0.1, 0.15) is 60.8 Å². The molecule has 9 nitrogen and oxygen atoms in total. The van der Waals surface area contributed by atoms with Crippen molar-refractivity contribution in [2.24, 2.45) is 0 Å². The van der Waals surface area contributed by atoms with Gasteiger partial charge in [0.2, 0.25) is 0 Å². The first-order valence-corrected chi connectivity index (χ1v) is 16.2. The number of benzene rings is 2. The quantitative estimate of drug-likeness (QED) is 0.495. The second-order valence-electron chi connectivity index (χ2n) is 12.9. The summed E-state index contributed by atoms with van der Waals surface area (Å²) in [4.78, 5) is 40.2. The van der Waals surface area contributed by atoms with E-state index < -0.39 is 6.10 Å². The van der Waals surface area contributed by atoms with Gasteiger partial charge < -0.3 is 25.1 Å². The Morgan fingerprint density at radius 1 is 0.930 bits per heavy atom. The van der Waals surface area contributed by atoms with Crippen LogP contribution in [0.25, 0.3) is 0 Å². The summed E-state index contributed by atoms with van der Waals surface area (Å²) in [5, 5.41) is 15.4. The second-order valence-corrected chi connectivity index (χ2v) is 12.9. The predicted octanol–water partition coefficient (Wildman–Crippen LogP) is 4.49. The summed E-state index contributed by atoms with van der Waals surface area (Å²) in [6, 6.07) is 12.6. The van der Waals surface area contributed by atoms with Crippen molar-refractivity contribution in [3.05, 3.63) is 58.7 Å². The Labute approximate surface area is 255 Å². The Hall–Kier alpha value is -3.14. The van der Waals surface area contributed by atoms with Crippen LogP contribution in [0.4, 0.5) is 10.5 Å². The second kappa shape index (κ2) is 13.2. The van der Waals surface area contributed by atoms with E-state index in [4.69, 9.17) is 4.84 Å². The molecule has 2 N–H and O–H groups in total. The number of phenolic OH excluding ortho intramolecular Hbond substituents is 1. The highest BCUT2D eigenvalue weighted by molar-refractivity contribution is 5.91. The molecule has 0 saturated carbocycles. The van der Waals surface area contributed by atoms with Gasteiger partial charge in [-0.2, -0.15) is 5.06 Å². The number of anilines is 1. The summed E-state index contributed by atoms with van der Waals surface area (Å²) in [6.45, 7) is 9.72. The van der Waals surface area contributed by atoms with Crippen LogP contribution < -0.4 is 5.32 Å².